The molecule has 2 aliphatic rings. The molecule has 10 nitrogen and oxygen atoms in total. The molecule has 2 saturated heterocycles. The van der Waals surface area contributed by atoms with Crippen LogP contribution in [0.2, 0.25) is 0 Å². The molecule has 1 aromatic heterocycles. The molecule has 0 saturated carbocycles. The predicted octanol–water partition coefficient (Wildman–Crippen LogP) is 2.53. The number of sulfonamides is 1. The minimum Gasteiger partial charge on any atom is -0.343 e. The molecule has 36 heavy (non-hydrogen) atoms. The highest BCUT2D eigenvalue weighted by Gasteiger charge is 2.32. The number of rotatable bonds is 7. The maximum Gasteiger partial charge on any atom is 0.319 e. The number of piperidine rings is 1. The molecule has 0 spiro atoms. The third kappa shape index (κ3) is 5.98. The van der Waals surface area contributed by atoms with Crippen LogP contribution in [0.25, 0.3) is 10.1 Å². The largest absolute Gasteiger partial charge is 0.343 e. The third-order valence-electron chi connectivity index (χ3n) is 6.58. The van der Waals surface area contributed by atoms with E-state index in [1.54, 1.807) is 9.80 Å². The molecule has 2 fully saturated rings. The second-order valence-electron chi connectivity index (χ2n) is 8.99. The van der Waals surface area contributed by atoms with E-state index < -0.39 is 10.0 Å². The van der Waals surface area contributed by atoms with E-state index >= 15 is 0 Å². The summed E-state index contributed by atoms with van der Waals surface area (Å²) in [7, 11) is -3.60. The lowest BCUT2D eigenvalue weighted by molar-refractivity contribution is -0.131. The normalized spacial score (nSPS) is 17.2. The van der Waals surface area contributed by atoms with E-state index in [9.17, 15) is 22.8 Å². The zero-order chi connectivity index (χ0) is 25.7. The molecule has 0 aliphatic carbocycles. The van der Waals surface area contributed by atoms with Crippen LogP contribution in [0.4, 0.5) is 9.80 Å². The summed E-state index contributed by atoms with van der Waals surface area (Å²) < 4.78 is 28.0. The van der Waals surface area contributed by atoms with Gasteiger partial charge in [-0.2, -0.15) is 4.31 Å². The Hall–Kier alpha value is -2.70. The first-order valence-electron chi connectivity index (χ1n) is 12.4. The van der Waals surface area contributed by atoms with Gasteiger partial charge in [-0.05, 0) is 32.3 Å². The van der Waals surface area contributed by atoms with Crippen molar-refractivity contribution < 1.29 is 22.8 Å². The summed E-state index contributed by atoms with van der Waals surface area (Å²) in [6.45, 7) is 4.50. The van der Waals surface area contributed by atoms with Crippen molar-refractivity contribution in [2.75, 3.05) is 56.9 Å². The van der Waals surface area contributed by atoms with Gasteiger partial charge in [0.2, 0.25) is 15.9 Å². The predicted molar refractivity (Wildman–Crippen MR) is 141 cm³/mol. The van der Waals surface area contributed by atoms with Crippen molar-refractivity contribution in [3.8, 4) is 0 Å². The highest BCUT2D eigenvalue weighted by Crippen LogP contribution is 2.36. The Kier molecular flexibility index (Phi) is 8.47. The molecule has 0 unspecified atom stereocenters. The number of urea groups is 1. The summed E-state index contributed by atoms with van der Waals surface area (Å²) in [5.74, 6) is -0.563. The van der Waals surface area contributed by atoms with Gasteiger partial charge >= 0.3 is 6.03 Å². The number of thiophene rings is 1. The molecular formula is C24H33N5O5S2. The van der Waals surface area contributed by atoms with Gasteiger partial charge in [0.25, 0.3) is 5.91 Å². The number of hydrogen-bond donors (Lipinski definition) is 2. The van der Waals surface area contributed by atoms with Gasteiger partial charge in [-0.15, -0.1) is 11.3 Å². The van der Waals surface area contributed by atoms with Gasteiger partial charge in [-0.3, -0.25) is 14.9 Å². The van der Waals surface area contributed by atoms with Crippen LogP contribution in [0.1, 0.15) is 43.0 Å². The number of nitrogens with zero attached hydrogens (tertiary/aromatic N) is 3. The second-order valence-corrected chi connectivity index (χ2v) is 12.1. The summed E-state index contributed by atoms with van der Waals surface area (Å²) in [5.41, 5.74) is 0.422. The fourth-order valence-electron chi connectivity index (χ4n) is 4.63. The van der Waals surface area contributed by atoms with Crippen LogP contribution in [-0.2, 0) is 14.8 Å². The minimum atomic E-state index is -3.60. The maximum atomic E-state index is 13.5. The van der Waals surface area contributed by atoms with Crippen LogP contribution in [0.3, 0.4) is 0 Å². The zero-order valence-corrected chi connectivity index (χ0v) is 22.1. The number of likely N-dealkylation sites (tertiary alicyclic amines) is 1. The highest BCUT2D eigenvalue weighted by atomic mass is 32.2. The highest BCUT2D eigenvalue weighted by molar-refractivity contribution is 7.89. The fraction of sp³-hybridized carbons (Fsp3) is 0.542. The van der Waals surface area contributed by atoms with Crippen molar-refractivity contribution in [1.29, 1.82) is 0 Å². The van der Waals surface area contributed by atoms with Crippen LogP contribution < -0.4 is 10.6 Å². The van der Waals surface area contributed by atoms with Gasteiger partial charge in [-0.25, -0.2) is 13.2 Å². The molecule has 4 rings (SSSR count). The Labute approximate surface area is 215 Å². The van der Waals surface area contributed by atoms with E-state index in [1.807, 2.05) is 31.2 Å². The van der Waals surface area contributed by atoms with E-state index in [-0.39, 0.29) is 56.2 Å². The number of hydrogen-bond acceptors (Lipinski definition) is 6. The number of carbonyl (C=O) groups is 3. The monoisotopic (exact) mass is 535 g/mol. The molecular weight excluding hydrogens is 502 g/mol. The Balaban J connectivity index is 1.40. The zero-order valence-electron chi connectivity index (χ0n) is 20.5. The first kappa shape index (κ1) is 26.4. The lowest BCUT2D eigenvalue weighted by Gasteiger charge is -2.34. The minimum absolute atomic E-state index is 0.0166. The molecule has 12 heteroatoms. The smallest absolute Gasteiger partial charge is 0.319 e. The number of carbonyl (C=O) groups excluding carboxylic acids is 3. The van der Waals surface area contributed by atoms with Crippen molar-refractivity contribution >= 4 is 54.3 Å². The van der Waals surface area contributed by atoms with E-state index in [2.05, 4.69) is 10.6 Å². The molecule has 3 heterocycles. The van der Waals surface area contributed by atoms with Crippen molar-refractivity contribution in [3.63, 3.8) is 0 Å². The molecule has 0 radical (unpaired) electrons. The van der Waals surface area contributed by atoms with Crippen LogP contribution in [0.5, 0.6) is 0 Å². The number of fused-ring (bicyclic) bond motifs is 1. The quantitative estimate of drug-likeness (QED) is 0.565. The van der Waals surface area contributed by atoms with E-state index in [0.717, 1.165) is 29.3 Å². The van der Waals surface area contributed by atoms with Gasteiger partial charge < -0.3 is 15.1 Å². The summed E-state index contributed by atoms with van der Waals surface area (Å²) in [5, 5.41) is 6.69. The van der Waals surface area contributed by atoms with Crippen molar-refractivity contribution in [3.05, 3.63) is 29.8 Å². The van der Waals surface area contributed by atoms with Gasteiger partial charge in [0, 0.05) is 62.3 Å². The molecule has 1 aromatic carbocycles. The maximum absolute atomic E-state index is 13.5. The summed E-state index contributed by atoms with van der Waals surface area (Å²) in [4.78, 5) is 41.5. The number of anilines is 1. The molecule has 0 atom stereocenters. The van der Waals surface area contributed by atoms with Gasteiger partial charge in [-0.1, -0.05) is 18.2 Å². The van der Waals surface area contributed by atoms with Crippen LogP contribution in [0, 0.1) is 0 Å². The molecule has 2 aliphatic heterocycles. The van der Waals surface area contributed by atoms with Crippen LogP contribution >= 0.6 is 11.3 Å². The van der Waals surface area contributed by atoms with Crippen LogP contribution in [0.15, 0.2) is 24.3 Å². The number of benzene rings is 1. The Morgan fingerprint density at radius 2 is 1.64 bits per heavy atom. The summed E-state index contributed by atoms with van der Waals surface area (Å²) in [6, 6.07) is 7.09. The average Bonchev–Trinajstić information content (AvgIpc) is 3.25. The molecule has 4 amide bonds. The van der Waals surface area contributed by atoms with Gasteiger partial charge in [0.15, 0.2) is 0 Å². The second kappa shape index (κ2) is 11.6. The van der Waals surface area contributed by atoms with Gasteiger partial charge in [0.05, 0.1) is 11.3 Å². The summed E-state index contributed by atoms with van der Waals surface area (Å²) >= 11 is 1.33. The topological polar surface area (TPSA) is 119 Å². The number of nitrogens with one attached hydrogen (secondary N) is 2. The first-order chi connectivity index (χ1) is 17.3. The number of piperazine rings is 1. The Morgan fingerprint density at radius 1 is 0.944 bits per heavy atom. The fourth-order valence-corrected chi connectivity index (χ4v) is 7.13. The average molecular weight is 536 g/mol. The van der Waals surface area contributed by atoms with E-state index in [4.69, 9.17) is 0 Å². The lowest BCUT2D eigenvalue weighted by Crippen LogP contribution is -2.51. The molecule has 2 N–H and O–H groups in total. The van der Waals surface area contributed by atoms with Crippen LogP contribution in [-0.4, -0.2) is 91.9 Å². The Bertz CT molecular complexity index is 1210. The standard InChI is InChI=1S/C24H33N5O5S2/c1-2-25-24(32)26-22-21(18-8-4-5-9-19(18)35-22)23(31)28-13-15-29(16-14-28)36(33,34)17-10-20(30)27-11-6-3-7-12-27/h4-5,8-9H,2-3,6-7,10-17H2,1H3,(H2,25,26,32). The molecule has 196 valence electrons. The number of amides is 4. The molecule has 0 bridgehead atoms. The summed E-state index contributed by atoms with van der Waals surface area (Å²) in [6.07, 6.45) is 3.02. The van der Waals surface area contributed by atoms with Crippen molar-refractivity contribution in [2.24, 2.45) is 0 Å². The molecule has 2 aromatic rings. The lowest BCUT2D eigenvalue weighted by atomic mass is 10.1. The third-order valence-corrected chi connectivity index (χ3v) is 9.53. The van der Waals surface area contributed by atoms with Crippen molar-refractivity contribution in [2.45, 2.75) is 32.6 Å². The van der Waals surface area contributed by atoms with E-state index in [0.29, 0.717) is 30.2 Å². The first-order valence-corrected chi connectivity index (χ1v) is 14.8. The van der Waals surface area contributed by atoms with Gasteiger partial charge in [0.1, 0.15) is 5.00 Å². The SMILES string of the molecule is CCNC(=O)Nc1sc2ccccc2c1C(=O)N1CCN(S(=O)(=O)CCC(=O)N2CCCCC2)CC1. The Morgan fingerprint density at radius 3 is 2.33 bits per heavy atom. The van der Waals surface area contributed by atoms with Crippen molar-refractivity contribution in [1.82, 2.24) is 19.4 Å². The van der Waals surface area contributed by atoms with E-state index in [1.165, 1.54) is 15.6 Å².